The molecule has 5 N–H and O–H groups in total. The van der Waals surface area contributed by atoms with Crippen LogP contribution in [-0.4, -0.2) is 101 Å². The second kappa shape index (κ2) is 25.3. The predicted molar refractivity (Wildman–Crippen MR) is 280 cm³/mol. The first-order chi connectivity index (χ1) is 36.3. The Kier molecular flexibility index (Phi) is 17.8. The number of carbonyl (C=O) groups is 2. The zero-order valence-corrected chi connectivity index (χ0v) is 41.8. The molecule has 75 heavy (non-hydrogen) atoms. The van der Waals surface area contributed by atoms with Gasteiger partial charge in [0, 0.05) is 92.2 Å². The maximum absolute atomic E-state index is 14.8. The van der Waals surface area contributed by atoms with Crippen LogP contribution in [0.5, 0.6) is 23.0 Å². The number of aliphatic hydroxyl groups excluding tert-OH is 1. The van der Waals surface area contributed by atoms with Gasteiger partial charge in [0.1, 0.15) is 34.6 Å². The Morgan fingerprint density at radius 2 is 1.07 bits per heavy atom. The van der Waals surface area contributed by atoms with Crippen molar-refractivity contribution in [3.05, 3.63) is 158 Å². The van der Waals surface area contributed by atoms with Crippen molar-refractivity contribution in [2.24, 2.45) is 0 Å². The van der Waals surface area contributed by atoms with Crippen molar-refractivity contribution in [2.45, 2.75) is 52.6 Å². The van der Waals surface area contributed by atoms with Gasteiger partial charge in [-0.1, -0.05) is 27.7 Å². The molecule has 1 aliphatic heterocycles. The second-order valence-electron chi connectivity index (χ2n) is 17.9. The summed E-state index contributed by atoms with van der Waals surface area (Å²) in [7, 11) is 0. The Labute approximate surface area is 432 Å². The number of nitrogens with zero attached hydrogens (tertiary/aromatic N) is 9. The number of urea groups is 2. The van der Waals surface area contributed by atoms with Crippen molar-refractivity contribution >= 4 is 34.8 Å². The normalized spacial score (nSPS) is 12.4. The highest BCUT2D eigenvalue weighted by Gasteiger charge is 2.15. The van der Waals surface area contributed by atoms with Gasteiger partial charge in [-0.25, -0.2) is 18.4 Å². The van der Waals surface area contributed by atoms with E-state index in [9.17, 15) is 18.4 Å². The number of morpholine rings is 1. The van der Waals surface area contributed by atoms with Gasteiger partial charge in [0.2, 0.25) is 0 Å². The molecular formula is C54H57F2N13O6. The van der Waals surface area contributed by atoms with Crippen molar-refractivity contribution in [3.8, 4) is 45.5 Å². The van der Waals surface area contributed by atoms with Crippen LogP contribution in [0, 0.1) is 11.6 Å². The topological polar surface area (TPSA) is 221 Å². The summed E-state index contributed by atoms with van der Waals surface area (Å²) in [4.78, 5) is 44.1. The number of amides is 4. The van der Waals surface area contributed by atoms with Gasteiger partial charge >= 0.3 is 12.1 Å². The number of hydrogen-bond acceptors (Lipinski definition) is 13. The fourth-order valence-electron chi connectivity index (χ4n) is 7.52. The van der Waals surface area contributed by atoms with E-state index in [4.69, 9.17) is 19.3 Å². The number of halogens is 2. The first-order valence-electron chi connectivity index (χ1n) is 24.2. The Bertz CT molecular complexity index is 3200. The molecule has 9 rings (SSSR count). The molecule has 19 nitrogen and oxygen atoms in total. The number of carbonyl (C=O) groups excluding carboxylic acids is 2. The lowest BCUT2D eigenvalue weighted by Gasteiger charge is -2.26. The van der Waals surface area contributed by atoms with Crippen molar-refractivity contribution in [1.29, 1.82) is 0 Å². The van der Waals surface area contributed by atoms with E-state index in [1.54, 1.807) is 84.5 Å². The molecule has 0 unspecified atom stereocenters. The smallest absolute Gasteiger partial charge is 0.323 e. The number of ether oxygens (including phenoxy) is 3. The molecule has 6 aromatic heterocycles. The van der Waals surface area contributed by atoms with Crippen LogP contribution >= 0.6 is 0 Å². The zero-order chi connectivity index (χ0) is 52.7. The average molecular weight is 1020 g/mol. The summed E-state index contributed by atoms with van der Waals surface area (Å²) >= 11 is 0. The molecule has 0 radical (unpaired) electrons. The molecule has 1 aliphatic rings. The number of aromatic nitrogens is 8. The lowest BCUT2D eigenvalue weighted by Crippen LogP contribution is -2.38. The Morgan fingerprint density at radius 3 is 1.52 bits per heavy atom. The van der Waals surface area contributed by atoms with Gasteiger partial charge < -0.3 is 40.6 Å². The van der Waals surface area contributed by atoms with Crippen LogP contribution in [0.15, 0.2) is 135 Å². The monoisotopic (exact) mass is 1020 g/mol. The SMILES string of the molecule is CC(C)c1cncc(NC(=O)Nc2ccc(Oc3ccnc(-c4cnn(CCN5CCOCC5)c4)c3)cc2F)c1.CC(C)c1cncc(NC(=O)Nc2ccc(Oc3ccnc(-c4cnn(CCO)c4)c3)cc2F)c1. The van der Waals surface area contributed by atoms with Crippen LogP contribution in [0.25, 0.3) is 22.5 Å². The number of nitrogens with one attached hydrogen (secondary N) is 4. The van der Waals surface area contributed by atoms with E-state index in [-0.39, 0.29) is 41.3 Å². The van der Waals surface area contributed by atoms with Gasteiger partial charge in [0.25, 0.3) is 0 Å². The van der Waals surface area contributed by atoms with Crippen molar-refractivity contribution in [3.63, 3.8) is 0 Å². The van der Waals surface area contributed by atoms with Crippen molar-refractivity contribution in [1.82, 2.24) is 44.4 Å². The maximum Gasteiger partial charge on any atom is 0.323 e. The third kappa shape index (κ3) is 15.2. The first kappa shape index (κ1) is 52.7. The van der Waals surface area contributed by atoms with Crippen LogP contribution < -0.4 is 30.7 Å². The van der Waals surface area contributed by atoms with E-state index < -0.39 is 23.7 Å². The van der Waals surface area contributed by atoms with Gasteiger partial charge in [-0.2, -0.15) is 10.2 Å². The number of pyridine rings is 4. The molecular weight excluding hydrogens is 965 g/mol. The average Bonchev–Trinajstić information content (AvgIpc) is 4.09. The van der Waals surface area contributed by atoms with Crippen molar-refractivity contribution < 1.29 is 37.7 Å². The lowest BCUT2D eigenvalue weighted by atomic mass is 10.1. The molecule has 7 heterocycles. The van der Waals surface area contributed by atoms with Gasteiger partial charge in [-0.3, -0.25) is 34.2 Å². The van der Waals surface area contributed by atoms with Gasteiger partial charge in [0.15, 0.2) is 0 Å². The highest BCUT2D eigenvalue weighted by molar-refractivity contribution is 6.00. The quantitative estimate of drug-likeness (QED) is 0.0574. The molecule has 4 amide bonds. The number of anilines is 4. The molecule has 0 bridgehead atoms. The summed E-state index contributed by atoms with van der Waals surface area (Å²) in [6, 6.07) is 17.8. The Morgan fingerprint density at radius 1 is 0.600 bits per heavy atom. The first-order valence-corrected chi connectivity index (χ1v) is 24.2. The highest BCUT2D eigenvalue weighted by atomic mass is 19.1. The lowest BCUT2D eigenvalue weighted by molar-refractivity contribution is 0.0360. The summed E-state index contributed by atoms with van der Waals surface area (Å²) in [6.45, 7) is 13.6. The summed E-state index contributed by atoms with van der Waals surface area (Å²) in [5.41, 5.74) is 5.99. The fraction of sp³-hybridized carbons (Fsp3) is 0.259. The molecule has 2 aromatic carbocycles. The second-order valence-corrected chi connectivity index (χ2v) is 17.9. The summed E-state index contributed by atoms with van der Waals surface area (Å²) in [5, 5.41) is 28.0. The van der Waals surface area contributed by atoms with Gasteiger partial charge in [-0.05, 0) is 71.5 Å². The van der Waals surface area contributed by atoms with E-state index >= 15 is 0 Å². The molecule has 1 saturated heterocycles. The minimum absolute atomic E-state index is 0.00883. The summed E-state index contributed by atoms with van der Waals surface area (Å²) in [6.07, 6.45) is 16.9. The van der Waals surface area contributed by atoms with Crippen LogP contribution in [-0.2, 0) is 17.8 Å². The fourth-order valence-corrected chi connectivity index (χ4v) is 7.52. The number of benzene rings is 2. The largest absolute Gasteiger partial charge is 0.457 e. The molecule has 0 saturated carbocycles. The molecule has 0 aliphatic carbocycles. The molecule has 8 aromatic rings. The van der Waals surface area contributed by atoms with Gasteiger partial charge in [-0.15, -0.1) is 0 Å². The molecule has 0 spiro atoms. The third-order valence-corrected chi connectivity index (χ3v) is 11.6. The van der Waals surface area contributed by atoms with E-state index in [0.717, 1.165) is 61.6 Å². The molecule has 0 atom stereocenters. The highest BCUT2D eigenvalue weighted by Crippen LogP contribution is 2.30. The van der Waals surface area contributed by atoms with E-state index in [1.165, 1.54) is 36.7 Å². The van der Waals surface area contributed by atoms with Crippen LogP contribution in [0.4, 0.5) is 41.1 Å². The Balaban J connectivity index is 0.000000201. The zero-order valence-electron chi connectivity index (χ0n) is 41.8. The van der Waals surface area contributed by atoms with Gasteiger partial charge in [0.05, 0.1) is 91.8 Å². The summed E-state index contributed by atoms with van der Waals surface area (Å²) < 4.78 is 50.0. The minimum Gasteiger partial charge on any atom is -0.457 e. The standard InChI is InChI=1S/C29H32FN7O3.C25H25FN6O3/c1-20(2)21-13-23(18-31-16-21)34-29(38)35-27-4-3-24(14-26(27)30)40-25-5-6-32-28(15-25)22-17-33-37(19-22)8-7-36-9-11-39-12-10-36;1-16(2)17-9-19(14-27-12-17)30-25(34)31-23-4-3-20(10-22(23)26)35-21-5-6-28-24(11-21)18-13-29-32(15-18)7-8-33/h3-6,13-20H,7-12H2,1-2H3,(H2,34,35,38);3-6,9-16,33H,7-8H2,1-2H3,(H2,30,31,34). The van der Waals surface area contributed by atoms with Crippen molar-refractivity contribution in [2.75, 3.05) is 60.7 Å². The molecule has 21 heteroatoms. The maximum atomic E-state index is 14.8. The molecule has 388 valence electrons. The number of hydrogen-bond donors (Lipinski definition) is 5. The van der Waals surface area contributed by atoms with Crippen LogP contribution in [0.3, 0.4) is 0 Å². The van der Waals surface area contributed by atoms with E-state index in [0.29, 0.717) is 40.8 Å². The molecule has 1 fully saturated rings. The summed E-state index contributed by atoms with van der Waals surface area (Å²) in [5.74, 6) is 0.761. The third-order valence-electron chi connectivity index (χ3n) is 11.6. The Hall–Kier alpha value is -8.66. The number of rotatable bonds is 17. The minimum atomic E-state index is -0.647. The van der Waals surface area contributed by atoms with E-state index in [2.05, 4.69) is 56.3 Å². The van der Waals surface area contributed by atoms with Crippen LogP contribution in [0.2, 0.25) is 0 Å². The van der Waals surface area contributed by atoms with E-state index in [1.807, 2.05) is 50.7 Å². The van der Waals surface area contributed by atoms with Crippen LogP contribution in [0.1, 0.15) is 50.7 Å². The predicted octanol–water partition coefficient (Wildman–Crippen LogP) is 10.4. The number of aliphatic hydroxyl groups is 1.